The van der Waals surface area contributed by atoms with Gasteiger partial charge in [-0.05, 0) is 54.0 Å². The van der Waals surface area contributed by atoms with Gasteiger partial charge < -0.3 is 19.7 Å². The number of carbonyl (C=O) groups is 1. The highest BCUT2D eigenvalue weighted by Crippen LogP contribution is 2.35. The number of likely N-dealkylation sites (tertiary alicyclic amines) is 1. The van der Waals surface area contributed by atoms with E-state index >= 15 is 0 Å². The van der Waals surface area contributed by atoms with E-state index in [0.717, 1.165) is 19.6 Å². The van der Waals surface area contributed by atoms with Crippen LogP contribution in [0.25, 0.3) is 0 Å². The Bertz CT molecular complexity index is 491. The normalized spacial score (nSPS) is 15.4. The van der Waals surface area contributed by atoms with Gasteiger partial charge in [0.2, 0.25) is 0 Å². The highest BCUT2D eigenvalue weighted by molar-refractivity contribution is 9.10. The number of benzene rings is 1. The molecule has 0 aromatic heterocycles. The maximum atomic E-state index is 12.3. The van der Waals surface area contributed by atoms with Gasteiger partial charge in [-0.2, -0.15) is 0 Å². The van der Waals surface area contributed by atoms with Crippen LogP contribution in [0.3, 0.4) is 0 Å². The largest absolute Gasteiger partial charge is 0.495 e. The summed E-state index contributed by atoms with van der Waals surface area (Å²) in [4.78, 5) is 14.7. The first kappa shape index (κ1) is 17.1. The summed E-state index contributed by atoms with van der Waals surface area (Å²) in [5.41, 5.74) is 0.538. The van der Waals surface area contributed by atoms with Crippen LogP contribution in [0.2, 0.25) is 0 Å². The van der Waals surface area contributed by atoms with Gasteiger partial charge in [0, 0.05) is 18.7 Å². The molecule has 0 saturated carbocycles. The lowest BCUT2D eigenvalue weighted by atomic mass is 10.1. The predicted molar refractivity (Wildman–Crippen MR) is 89.9 cm³/mol. The van der Waals surface area contributed by atoms with E-state index in [1.807, 2.05) is 0 Å². The minimum Gasteiger partial charge on any atom is -0.495 e. The summed E-state index contributed by atoms with van der Waals surface area (Å²) in [5, 5.41) is 2.96. The quantitative estimate of drug-likeness (QED) is 0.836. The molecule has 1 fully saturated rings. The number of halogens is 1. The van der Waals surface area contributed by atoms with E-state index in [-0.39, 0.29) is 5.91 Å². The molecule has 0 atom stereocenters. The molecule has 0 radical (unpaired) electrons. The van der Waals surface area contributed by atoms with Crippen molar-refractivity contribution >= 4 is 21.8 Å². The summed E-state index contributed by atoms with van der Waals surface area (Å²) in [5.74, 6) is 1.06. The highest BCUT2D eigenvalue weighted by Gasteiger charge is 2.15. The van der Waals surface area contributed by atoms with E-state index in [2.05, 4.69) is 26.1 Å². The van der Waals surface area contributed by atoms with E-state index in [9.17, 15) is 4.79 Å². The molecular weight excluding hydrogens is 348 g/mol. The van der Waals surface area contributed by atoms with Crippen LogP contribution in [0, 0.1) is 0 Å². The van der Waals surface area contributed by atoms with Crippen molar-refractivity contribution in [3.63, 3.8) is 0 Å². The Balaban J connectivity index is 1.94. The van der Waals surface area contributed by atoms with E-state index < -0.39 is 0 Å². The maximum absolute atomic E-state index is 12.3. The average Bonchev–Trinajstić information content (AvgIpc) is 2.56. The first-order chi connectivity index (χ1) is 10.7. The van der Waals surface area contributed by atoms with Crippen molar-refractivity contribution in [2.75, 3.05) is 40.4 Å². The number of hydrogen-bond donors (Lipinski definition) is 1. The summed E-state index contributed by atoms with van der Waals surface area (Å²) < 4.78 is 11.2. The van der Waals surface area contributed by atoms with Gasteiger partial charge in [-0.1, -0.05) is 6.42 Å². The minimum atomic E-state index is -0.110. The number of rotatable bonds is 6. The molecule has 22 heavy (non-hydrogen) atoms. The van der Waals surface area contributed by atoms with Crippen LogP contribution in [0.15, 0.2) is 16.6 Å². The fraction of sp³-hybridized carbons (Fsp3) is 0.562. The molecule has 0 aliphatic carbocycles. The highest BCUT2D eigenvalue weighted by atomic mass is 79.9. The molecule has 2 rings (SSSR count). The molecule has 1 aromatic carbocycles. The fourth-order valence-corrected chi connectivity index (χ4v) is 3.17. The van der Waals surface area contributed by atoms with Gasteiger partial charge in [-0.15, -0.1) is 0 Å². The topological polar surface area (TPSA) is 50.8 Å². The Morgan fingerprint density at radius 2 is 1.77 bits per heavy atom. The first-order valence-corrected chi connectivity index (χ1v) is 8.37. The number of ether oxygens (including phenoxy) is 2. The Morgan fingerprint density at radius 1 is 1.18 bits per heavy atom. The molecule has 1 aliphatic rings. The molecule has 0 spiro atoms. The zero-order valence-corrected chi connectivity index (χ0v) is 14.7. The first-order valence-electron chi connectivity index (χ1n) is 7.57. The van der Waals surface area contributed by atoms with Gasteiger partial charge in [-0.3, -0.25) is 4.79 Å². The average molecular weight is 371 g/mol. The molecule has 0 bridgehead atoms. The SMILES string of the molecule is COc1cc(C(=O)NCCN2CCCCC2)cc(OC)c1Br. The van der Waals surface area contributed by atoms with Crippen molar-refractivity contribution in [2.45, 2.75) is 19.3 Å². The van der Waals surface area contributed by atoms with E-state index in [1.54, 1.807) is 26.4 Å². The van der Waals surface area contributed by atoms with Crippen LogP contribution in [0.4, 0.5) is 0 Å². The number of hydrogen-bond acceptors (Lipinski definition) is 4. The second kappa shape index (κ2) is 8.39. The lowest BCUT2D eigenvalue weighted by Gasteiger charge is -2.26. The van der Waals surface area contributed by atoms with Crippen molar-refractivity contribution in [1.29, 1.82) is 0 Å². The second-order valence-corrected chi connectivity index (χ2v) is 6.15. The summed E-state index contributed by atoms with van der Waals surface area (Å²) in [6.07, 6.45) is 3.84. The lowest BCUT2D eigenvalue weighted by Crippen LogP contribution is -2.37. The number of nitrogens with one attached hydrogen (secondary N) is 1. The van der Waals surface area contributed by atoms with E-state index in [0.29, 0.717) is 28.1 Å². The third kappa shape index (κ3) is 4.36. The summed E-state index contributed by atoms with van der Waals surface area (Å²) in [7, 11) is 3.13. The predicted octanol–water partition coefficient (Wildman–Crippen LogP) is 2.68. The van der Waals surface area contributed by atoms with Crippen molar-refractivity contribution < 1.29 is 14.3 Å². The van der Waals surface area contributed by atoms with Crippen LogP contribution in [-0.2, 0) is 0 Å². The van der Waals surface area contributed by atoms with Gasteiger partial charge in [0.1, 0.15) is 16.0 Å². The molecule has 1 aromatic rings. The summed E-state index contributed by atoms with van der Waals surface area (Å²) in [6, 6.07) is 3.42. The van der Waals surface area contributed by atoms with Gasteiger partial charge in [0.05, 0.1) is 14.2 Å². The number of carbonyl (C=O) groups excluding carboxylic acids is 1. The summed E-state index contributed by atoms with van der Waals surface area (Å²) >= 11 is 3.40. The van der Waals surface area contributed by atoms with Gasteiger partial charge in [-0.25, -0.2) is 0 Å². The van der Waals surface area contributed by atoms with Crippen LogP contribution in [-0.4, -0.2) is 51.2 Å². The Hall–Kier alpha value is -1.27. The summed E-state index contributed by atoms with van der Waals surface area (Å²) in [6.45, 7) is 3.82. The van der Waals surface area contributed by atoms with Crippen molar-refractivity contribution in [3.8, 4) is 11.5 Å². The maximum Gasteiger partial charge on any atom is 0.251 e. The molecule has 122 valence electrons. The number of methoxy groups -OCH3 is 2. The molecule has 0 unspecified atom stereocenters. The minimum absolute atomic E-state index is 0.110. The molecule has 1 aliphatic heterocycles. The van der Waals surface area contributed by atoms with Crippen LogP contribution >= 0.6 is 15.9 Å². The Labute approximate surface area is 140 Å². The van der Waals surface area contributed by atoms with Crippen LogP contribution in [0.5, 0.6) is 11.5 Å². The van der Waals surface area contributed by atoms with Gasteiger partial charge >= 0.3 is 0 Å². The molecule has 1 saturated heterocycles. The molecule has 1 amide bonds. The van der Waals surface area contributed by atoms with Crippen molar-refractivity contribution in [2.24, 2.45) is 0 Å². The monoisotopic (exact) mass is 370 g/mol. The zero-order chi connectivity index (χ0) is 15.9. The van der Waals surface area contributed by atoms with Crippen LogP contribution < -0.4 is 14.8 Å². The van der Waals surface area contributed by atoms with Gasteiger partial charge in [0.15, 0.2) is 0 Å². The molecule has 1 N–H and O–H groups in total. The standard InChI is InChI=1S/C16H23BrN2O3/c1-21-13-10-12(11-14(22-2)15(13)17)16(20)18-6-9-19-7-4-3-5-8-19/h10-11H,3-9H2,1-2H3,(H,18,20). The number of amides is 1. The Kier molecular flexibility index (Phi) is 6.51. The van der Waals surface area contributed by atoms with Gasteiger partial charge in [0.25, 0.3) is 5.91 Å². The van der Waals surface area contributed by atoms with Crippen molar-refractivity contribution in [3.05, 3.63) is 22.2 Å². The van der Waals surface area contributed by atoms with Crippen molar-refractivity contribution in [1.82, 2.24) is 10.2 Å². The number of nitrogens with zero attached hydrogens (tertiary/aromatic N) is 1. The molecule has 1 heterocycles. The van der Waals surface area contributed by atoms with E-state index in [4.69, 9.17) is 9.47 Å². The molecule has 6 heteroatoms. The lowest BCUT2D eigenvalue weighted by molar-refractivity contribution is 0.0946. The molecule has 5 nitrogen and oxygen atoms in total. The molecular formula is C16H23BrN2O3. The smallest absolute Gasteiger partial charge is 0.251 e. The fourth-order valence-electron chi connectivity index (χ4n) is 2.61. The third-order valence-corrected chi connectivity index (χ3v) is 4.65. The zero-order valence-electron chi connectivity index (χ0n) is 13.2. The number of piperidine rings is 1. The van der Waals surface area contributed by atoms with E-state index in [1.165, 1.54) is 19.3 Å². The second-order valence-electron chi connectivity index (χ2n) is 5.35. The Morgan fingerprint density at radius 3 is 2.32 bits per heavy atom. The third-order valence-electron chi connectivity index (χ3n) is 3.87. The van der Waals surface area contributed by atoms with Crippen LogP contribution in [0.1, 0.15) is 29.6 Å².